The van der Waals surface area contributed by atoms with Gasteiger partial charge in [-0.3, -0.25) is 0 Å². The Hall–Kier alpha value is -0.610. The van der Waals surface area contributed by atoms with Crippen LogP contribution in [0.15, 0.2) is 16.7 Å². The molecule has 1 unspecified atom stereocenters. The zero-order valence-electron chi connectivity index (χ0n) is 11.4. The number of nitrogens with zero attached hydrogens (tertiary/aromatic N) is 3. The Balaban J connectivity index is 2.93. The van der Waals surface area contributed by atoms with Crippen LogP contribution in [0.3, 0.4) is 0 Å². The minimum absolute atomic E-state index is 0.461. The highest BCUT2D eigenvalue weighted by atomic mass is 79.9. The molecule has 0 aromatic carbocycles. The summed E-state index contributed by atoms with van der Waals surface area (Å²) in [5, 5.41) is 0. The van der Waals surface area contributed by atoms with E-state index in [0.29, 0.717) is 6.04 Å². The molecule has 4 heteroatoms. The van der Waals surface area contributed by atoms with E-state index in [2.05, 4.69) is 71.6 Å². The Morgan fingerprint density at radius 1 is 1.41 bits per heavy atom. The van der Waals surface area contributed by atoms with Crippen molar-refractivity contribution in [3.05, 3.63) is 22.3 Å². The summed E-state index contributed by atoms with van der Waals surface area (Å²) in [6.45, 7) is 8.54. The normalized spacial score (nSPS) is 12.9. The Bertz CT molecular complexity index is 366. The highest BCUT2D eigenvalue weighted by Crippen LogP contribution is 2.22. The molecule has 1 atom stereocenters. The second-order valence-electron chi connectivity index (χ2n) is 4.69. The van der Waals surface area contributed by atoms with Crippen molar-refractivity contribution in [3.63, 3.8) is 0 Å². The van der Waals surface area contributed by atoms with Crippen LogP contribution < -0.4 is 4.90 Å². The Kier molecular flexibility index (Phi) is 5.40. The Morgan fingerprint density at radius 2 is 2.06 bits per heavy atom. The molecule has 96 valence electrons. The van der Waals surface area contributed by atoms with E-state index in [1.54, 1.807) is 0 Å². The lowest BCUT2D eigenvalue weighted by Crippen LogP contribution is -2.40. The molecule has 1 aromatic rings. The smallest absolute Gasteiger partial charge is 0.131 e. The SMILES string of the molecule is CCN(c1ncc(Br)cc1C)C(C)CN(C)C. The first-order valence-corrected chi connectivity index (χ1v) is 6.78. The Morgan fingerprint density at radius 3 is 2.53 bits per heavy atom. The number of rotatable bonds is 5. The first kappa shape index (κ1) is 14.5. The van der Waals surface area contributed by atoms with Crippen LogP contribution in [0.5, 0.6) is 0 Å². The van der Waals surface area contributed by atoms with Crippen molar-refractivity contribution in [3.8, 4) is 0 Å². The second kappa shape index (κ2) is 6.36. The minimum atomic E-state index is 0.461. The molecule has 0 fully saturated rings. The predicted octanol–water partition coefficient (Wildman–Crippen LogP) is 2.93. The summed E-state index contributed by atoms with van der Waals surface area (Å²) < 4.78 is 1.04. The summed E-state index contributed by atoms with van der Waals surface area (Å²) in [7, 11) is 4.21. The van der Waals surface area contributed by atoms with Crippen LogP contribution in [0.25, 0.3) is 0 Å². The molecule has 1 rings (SSSR count). The van der Waals surface area contributed by atoms with Crippen molar-refractivity contribution in [2.24, 2.45) is 0 Å². The van der Waals surface area contributed by atoms with Gasteiger partial charge in [-0.1, -0.05) is 0 Å². The number of halogens is 1. The van der Waals surface area contributed by atoms with Gasteiger partial charge >= 0.3 is 0 Å². The average molecular weight is 300 g/mol. The molecule has 3 nitrogen and oxygen atoms in total. The molecular weight excluding hydrogens is 278 g/mol. The van der Waals surface area contributed by atoms with E-state index in [-0.39, 0.29) is 0 Å². The van der Waals surface area contributed by atoms with Crippen molar-refractivity contribution < 1.29 is 0 Å². The molecule has 0 spiro atoms. The van der Waals surface area contributed by atoms with Crippen LogP contribution in [0, 0.1) is 6.92 Å². The molecule has 0 aliphatic rings. The lowest BCUT2D eigenvalue weighted by Gasteiger charge is -2.32. The van der Waals surface area contributed by atoms with Gasteiger partial charge in [0.2, 0.25) is 0 Å². The van der Waals surface area contributed by atoms with Crippen molar-refractivity contribution in [2.45, 2.75) is 26.8 Å². The van der Waals surface area contributed by atoms with Gasteiger partial charge < -0.3 is 9.80 Å². The van der Waals surface area contributed by atoms with Gasteiger partial charge in [-0.25, -0.2) is 4.98 Å². The van der Waals surface area contributed by atoms with Crippen molar-refractivity contribution in [1.82, 2.24) is 9.88 Å². The average Bonchev–Trinajstić information content (AvgIpc) is 2.21. The molecule has 0 aliphatic carbocycles. The third-order valence-corrected chi connectivity index (χ3v) is 3.23. The summed E-state index contributed by atoms with van der Waals surface area (Å²) in [5.41, 5.74) is 1.21. The fourth-order valence-corrected chi connectivity index (χ4v) is 2.58. The fraction of sp³-hybridized carbons (Fsp3) is 0.615. The number of likely N-dealkylation sites (N-methyl/N-ethyl adjacent to an activating group) is 2. The molecule has 0 radical (unpaired) electrons. The molecular formula is C13H22BrN3. The molecule has 1 heterocycles. The van der Waals surface area contributed by atoms with Crippen LogP contribution in [0.2, 0.25) is 0 Å². The first-order valence-electron chi connectivity index (χ1n) is 5.99. The zero-order chi connectivity index (χ0) is 13.0. The molecule has 0 aliphatic heterocycles. The second-order valence-corrected chi connectivity index (χ2v) is 5.61. The van der Waals surface area contributed by atoms with Gasteiger partial charge in [0.25, 0.3) is 0 Å². The van der Waals surface area contributed by atoms with Crippen molar-refractivity contribution >= 4 is 21.7 Å². The highest BCUT2D eigenvalue weighted by Gasteiger charge is 2.16. The van der Waals surface area contributed by atoms with Gasteiger partial charge in [0.1, 0.15) is 5.82 Å². The molecule has 0 amide bonds. The quantitative estimate of drug-likeness (QED) is 0.833. The summed E-state index contributed by atoms with van der Waals surface area (Å²) in [4.78, 5) is 9.10. The van der Waals surface area contributed by atoms with E-state index >= 15 is 0 Å². The number of hydrogen-bond acceptors (Lipinski definition) is 3. The van der Waals surface area contributed by atoms with Crippen LogP contribution in [0.4, 0.5) is 5.82 Å². The molecule has 0 bridgehead atoms. The maximum atomic E-state index is 4.54. The first-order chi connectivity index (χ1) is 7.95. The van der Waals surface area contributed by atoms with Crippen LogP contribution >= 0.6 is 15.9 Å². The van der Waals surface area contributed by atoms with E-state index in [1.165, 1.54) is 5.56 Å². The van der Waals surface area contributed by atoms with E-state index in [9.17, 15) is 0 Å². The van der Waals surface area contributed by atoms with E-state index < -0.39 is 0 Å². The van der Waals surface area contributed by atoms with Crippen LogP contribution in [-0.2, 0) is 0 Å². The summed E-state index contributed by atoms with van der Waals surface area (Å²) in [6.07, 6.45) is 1.87. The summed E-state index contributed by atoms with van der Waals surface area (Å²) in [5.74, 6) is 1.09. The van der Waals surface area contributed by atoms with Gasteiger partial charge in [-0.15, -0.1) is 0 Å². The molecule has 17 heavy (non-hydrogen) atoms. The monoisotopic (exact) mass is 299 g/mol. The minimum Gasteiger partial charge on any atom is -0.353 e. The van der Waals surface area contributed by atoms with Crippen molar-refractivity contribution in [2.75, 3.05) is 32.1 Å². The molecule has 0 saturated heterocycles. The topological polar surface area (TPSA) is 19.4 Å². The lowest BCUT2D eigenvalue weighted by atomic mass is 10.2. The molecule has 0 N–H and O–H groups in total. The maximum Gasteiger partial charge on any atom is 0.131 e. The predicted molar refractivity (Wildman–Crippen MR) is 77.7 cm³/mol. The lowest BCUT2D eigenvalue weighted by molar-refractivity contribution is 0.372. The van der Waals surface area contributed by atoms with Crippen molar-refractivity contribution in [1.29, 1.82) is 0 Å². The fourth-order valence-electron chi connectivity index (χ4n) is 2.13. The van der Waals surface area contributed by atoms with Gasteiger partial charge in [-0.05, 0) is 62.4 Å². The number of hydrogen-bond donors (Lipinski definition) is 0. The van der Waals surface area contributed by atoms with Gasteiger partial charge in [0.05, 0.1) is 0 Å². The van der Waals surface area contributed by atoms with E-state index in [4.69, 9.17) is 0 Å². The number of aryl methyl sites for hydroxylation is 1. The molecule has 1 aromatic heterocycles. The highest BCUT2D eigenvalue weighted by molar-refractivity contribution is 9.10. The van der Waals surface area contributed by atoms with E-state index in [1.807, 2.05) is 6.20 Å². The molecule has 0 saturated carbocycles. The third-order valence-electron chi connectivity index (χ3n) is 2.79. The number of anilines is 1. The number of pyridine rings is 1. The van der Waals surface area contributed by atoms with Gasteiger partial charge in [0.15, 0.2) is 0 Å². The van der Waals surface area contributed by atoms with Gasteiger partial charge in [-0.2, -0.15) is 0 Å². The Labute approximate surface area is 113 Å². The standard InChI is InChI=1S/C13H22BrN3/c1-6-17(11(3)9-16(4)5)13-10(2)7-12(14)8-15-13/h7-8,11H,6,9H2,1-5H3. The van der Waals surface area contributed by atoms with Crippen LogP contribution in [-0.4, -0.2) is 43.1 Å². The summed E-state index contributed by atoms with van der Waals surface area (Å²) >= 11 is 3.46. The van der Waals surface area contributed by atoms with E-state index in [0.717, 1.165) is 23.4 Å². The zero-order valence-corrected chi connectivity index (χ0v) is 13.0. The van der Waals surface area contributed by atoms with Gasteiger partial charge in [0, 0.05) is 29.8 Å². The largest absolute Gasteiger partial charge is 0.353 e. The van der Waals surface area contributed by atoms with Crippen LogP contribution in [0.1, 0.15) is 19.4 Å². The maximum absolute atomic E-state index is 4.54. The third kappa shape index (κ3) is 3.96. The summed E-state index contributed by atoms with van der Waals surface area (Å²) in [6, 6.07) is 2.58. The number of aromatic nitrogens is 1.